The van der Waals surface area contributed by atoms with E-state index in [2.05, 4.69) is 34.1 Å². The van der Waals surface area contributed by atoms with Gasteiger partial charge in [0.1, 0.15) is 0 Å². The maximum Gasteiger partial charge on any atom is 0.236 e. The van der Waals surface area contributed by atoms with E-state index in [0.717, 1.165) is 51.9 Å². The van der Waals surface area contributed by atoms with Gasteiger partial charge in [-0.05, 0) is 49.9 Å². The molecule has 0 radical (unpaired) electrons. The summed E-state index contributed by atoms with van der Waals surface area (Å²) in [6, 6.07) is 8.66. The average molecular weight is 355 g/mol. The zero-order valence-electron chi connectivity index (χ0n) is 15.9. The lowest BCUT2D eigenvalue weighted by molar-refractivity contribution is -0.135. The predicted octanol–water partition coefficient (Wildman–Crippen LogP) is 1.86. The van der Waals surface area contributed by atoms with Gasteiger partial charge in [-0.25, -0.2) is 0 Å². The lowest BCUT2D eigenvalue weighted by Crippen LogP contribution is -2.54. The molecule has 5 nitrogen and oxygen atoms in total. The molecule has 1 aliphatic carbocycles. The van der Waals surface area contributed by atoms with Crippen molar-refractivity contribution in [2.75, 3.05) is 40.3 Å². The van der Waals surface area contributed by atoms with Gasteiger partial charge in [0.15, 0.2) is 0 Å². The lowest BCUT2D eigenvalue weighted by atomic mass is 9.68. The number of nitrogens with zero attached hydrogens (tertiary/aromatic N) is 3. The fourth-order valence-corrected chi connectivity index (χ4v) is 4.53. The molecule has 26 heavy (non-hydrogen) atoms. The fraction of sp³-hybridized carbons (Fsp3) is 0.619. The van der Waals surface area contributed by atoms with Gasteiger partial charge in [0.2, 0.25) is 11.8 Å². The molecule has 0 atom stereocenters. The highest BCUT2D eigenvalue weighted by Gasteiger charge is 2.45. The number of likely N-dealkylation sites (N-methyl/N-ethyl adjacent to an activating group) is 1. The van der Waals surface area contributed by atoms with Crippen LogP contribution in [0.5, 0.6) is 0 Å². The molecule has 4 rings (SSSR count). The van der Waals surface area contributed by atoms with E-state index in [1.807, 2.05) is 14.1 Å². The Bertz CT molecular complexity index is 703. The Labute approximate surface area is 155 Å². The third-order valence-electron chi connectivity index (χ3n) is 6.35. The normalized spacial score (nSPS) is 22.2. The van der Waals surface area contributed by atoms with Gasteiger partial charge in [-0.3, -0.25) is 14.5 Å². The molecular weight excluding hydrogens is 326 g/mol. The Balaban J connectivity index is 1.53. The second kappa shape index (κ2) is 6.69. The van der Waals surface area contributed by atoms with E-state index in [1.165, 1.54) is 11.1 Å². The SMILES string of the molecule is CN(C)C(=O)CN1CCC2(CC1)CN(C(=O)C1CC1)Cc1ccccc12. The number of amides is 2. The molecule has 2 amide bonds. The van der Waals surface area contributed by atoms with E-state index in [9.17, 15) is 9.59 Å². The van der Waals surface area contributed by atoms with Crippen LogP contribution in [0.4, 0.5) is 0 Å². The van der Waals surface area contributed by atoms with E-state index in [-0.39, 0.29) is 17.2 Å². The molecule has 0 aromatic heterocycles. The summed E-state index contributed by atoms with van der Waals surface area (Å²) in [6.45, 7) is 3.93. The van der Waals surface area contributed by atoms with Crippen LogP contribution < -0.4 is 0 Å². The van der Waals surface area contributed by atoms with Crippen molar-refractivity contribution >= 4 is 11.8 Å². The van der Waals surface area contributed by atoms with Gasteiger partial charge in [0, 0.05) is 38.5 Å². The summed E-state index contributed by atoms with van der Waals surface area (Å²) in [6.07, 6.45) is 4.15. The second-order valence-electron chi connectivity index (χ2n) is 8.47. The van der Waals surface area contributed by atoms with E-state index in [4.69, 9.17) is 0 Å². The summed E-state index contributed by atoms with van der Waals surface area (Å²) in [4.78, 5) is 30.8. The van der Waals surface area contributed by atoms with Gasteiger partial charge in [-0.1, -0.05) is 24.3 Å². The van der Waals surface area contributed by atoms with Crippen LogP contribution in [0.15, 0.2) is 24.3 Å². The number of hydrogen-bond donors (Lipinski definition) is 0. The Morgan fingerprint density at radius 3 is 2.50 bits per heavy atom. The lowest BCUT2D eigenvalue weighted by Gasteiger charge is -2.48. The Morgan fingerprint density at radius 2 is 1.85 bits per heavy atom. The van der Waals surface area contributed by atoms with Gasteiger partial charge in [0.25, 0.3) is 0 Å². The minimum absolute atomic E-state index is 0.0526. The van der Waals surface area contributed by atoms with Crippen molar-refractivity contribution in [3.05, 3.63) is 35.4 Å². The van der Waals surface area contributed by atoms with Crippen LogP contribution >= 0.6 is 0 Å². The predicted molar refractivity (Wildman–Crippen MR) is 101 cm³/mol. The molecule has 1 aromatic carbocycles. The van der Waals surface area contributed by atoms with Crippen molar-refractivity contribution in [2.24, 2.45) is 5.92 Å². The molecule has 1 saturated heterocycles. The molecule has 0 N–H and O–H groups in total. The van der Waals surface area contributed by atoms with Crippen LogP contribution in [0.25, 0.3) is 0 Å². The fourth-order valence-electron chi connectivity index (χ4n) is 4.53. The van der Waals surface area contributed by atoms with Gasteiger partial charge in [-0.2, -0.15) is 0 Å². The number of rotatable bonds is 3. The summed E-state index contributed by atoms with van der Waals surface area (Å²) < 4.78 is 0. The number of carbonyl (C=O) groups excluding carboxylic acids is 2. The first-order valence-corrected chi connectivity index (χ1v) is 9.78. The average Bonchev–Trinajstić information content (AvgIpc) is 3.48. The van der Waals surface area contributed by atoms with Crippen LogP contribution in [0.3, 0.4) is 0 Å². The zero-order valence-corrected chi connectivity index (χ0v) is 15.9. The number of benzene rings is 1. The molecule has 2 aliphatic heterocycles. The van der Waals surface area contributed by atoms with Crippen LogP contribution in [0.1, 0.15) is 36.8 Å². The highest BCUT2D eigenvalue weighted by atomic mass is 16.2. The Kier molecular flexibility index (Phi) is 4.51. The minimum atomic E-state index is 0.0526. The number of fused-ring (bicyclic) bond motifs is 2. The summed E-state index contributed by atoms with van der Waals surface area (Å²) in [5.74, 6) is 0.787. The molecule has 5 heteroatoms. The summed E-state index contributed by atoms with van der Waals surface area (Å²) in [5.41, 5.74) is 2.79. The van der Waals surface area contributed by atoms with E-state index >= 15 is 0 Å². The van der Waals surface area contributed by atoms with Crippen LogP contribution in [0, 0.1) is 5.92 Å². The molecule has 140 valence electrons. The molecule has 1 aromatic rings. The first-order chi connectivity index (χ1) is 12.5. The summed E-state index contributed by atoms with van der Waals surface area (Å²) >= 11 is 0. The Hall–Kier alpha value is -1.88. The molecule has 2 fully saturated rings. The monoisotopic (exact) mass is 355 g/mol. The van der Waals surface area contributed by atoms with E-state index in [0.29, 0.717) is 12.5 Å². The first-order valence-electron chi connectivity index (χ1n) is 9.78. The molecule has 1 spiro atoms. The first kappa shape index (κ1) is 17.5. The van der Waals surface area contributed by atoms with Crippen molar-refractivity contribution in [3.63, 3.8) is 0 Å². The quantitative estimate of drug-likeness (QED) is 0.831. The van der Waals surface area contributed by atoms with Gasteiger partial charge < -0.3 is 9.80 Å². The number of piperidine rings is 1. The zero-order chi connectivity index (χ0) is 18.3. The minimum Gasteiger partial charge on any atom is -0.348 e. The van der Waals surface area contributed by atoms with Crippen LogP contribution in [-0.4, -0.2) is 66.8 Å². The topological polar surface area (TPSA) is 43.9 Å². The highest BCUT2D eigenvalue weighted by molar-refractivity contribution is 5.81. The van der Waals surface area contributed by atoms with Crippen molar-refractivity contribution in [2.45, 2.75) is 37.6 Å². The molecule has 1 saturated carbocycles. The van der Waals surface area contributed by atoms with Crippen molar-refractivity contribution in [1.29, 1.82) is 0 Å². The number of likely N-dealkylation sites (tertiary alicyclic amines) is 1. The third-order valence-corrected chi connectivity index (χ3v) is 6.35. The smallest absolute Gasteiger partial charge is 0.236 e. The van der Waals surface area contributed by atoms with Gasteiger partial charge >= 0.3 is 0 Å². The van der Waals surface area contributed by atoms with Crippen molar-refractivity contribution < 1.29 is 9.59 Å². The van der Waals surface area contributed by atoms with Crippen molar-refractivity contribution in [1.82, 2.24) is 14.7 Å². The molecule has 0 unspecified atom stereocenters. The third kappa shape index (κ3) is 3.25. The maximum absolute atomic E-state index is 12.7. The summed E-state index contributed by atoms with van der Waals surface area (Å²) in [5, 5.41) is 0. The van der Waals surface area contributed by atoms with Gasteiger partial charge in [0.05, 0.1) is 6.54 Å². The molecule has 0 bridgehead atoms. The second-order valence-corrected chi connectivity index (χ2v) is 8.47. The van der Waals surface area contributed by atoms with E-state index < -0.39 is 0 Å². The molecular formula is C21H29N3O2. The highest BCUT2D eigenvalue weighted by Crippen LogP contribution is 2.43. The molecule has 3 aliphatic rings. The molecule has 2 heterocycles. The van der Waals surface area contributed by atoms with Crippen LogP contribution in [0.2, 0.25) is 0 Å². The van der Waals surface area contributed by atoms with Gasteiger partial charge in [-0.15, -0.1) is 0 Å². The standard InChI is InChI=1S/C21H29N3O2/c1-22(2)19(25)14-23-11-9-21(10-12-23)15-24(20(26)16-7-8-16)13-17-5-3-4-6-18(17)21/h3-6,16H,7-15H2,1-2H3. The number of hydrogen-bond acceptors (Lipinski definition) is 3. The van der Waals surface area contributed by atoms with Crippen LogP contribution in [-0.2, 0) is 21.5 Å². The largest absolute Gasteiger partial charge is 0.348 e. The van der Waals surface area contributed by atoms with Crippen molar-refractivity contribution in [3.8, 4) is 0 Å². The maximum atomic E-state index is 12.7. The van der Waals surface area contributed by atoms with E-state index in [1.54, 1.807) is 4.90 Å². The Morgan fingerprint density at radius 1 is 1.15 bits per heavy atom. The summed E-state index contributed by atoms with van der Waals surface area (Å²) in [7, 11) is 3.62. The number of carbonyl (C=O) groups is 2.